The van der Waals surface area contributed by atoms with Crippen LogP contribution in [-0.4, -0.2) is 10.9 Å². The summed E-state index contributed by atoms with van der Waals surface area (Å²) in [5.74, 6) is 0.458. The Kier molecular flexibility index (Phi) is 5.86. The molecule has 4 aromatic carbocycles. The Morgan fingerprint density at radius 1 is 0.667 bits per heavy atom. The summed E-state index contributed by atoms with van der Waals surface area (Å²) in [7, 11) is 0. The van der Waals surface area contributed by atoms with Crippen LogP contribution in [0.2, 0.25) is 20.1 Å². The van der Waals surface area contributed by atoms with E-state index in [2.05, 4.69) is 0 Å². The minimum atomic E-state index is -1.75. The zero-order chi connectivity index (χ0) is 23.2. The van der Waals surface area contributed by atoms with Crippen molar-refractivity contribution >= 4 is 63.6 Å². The van der Waals surface area contributed by atoms with E-state index in [0.29, 0.717) is 54.0 Å². The molecule has 0 amide bonds. The Hall–Kier alpha value is -2.53. The number of hydrogen-bond donors (Lipinski definition) is 1. The number of nitrogens with zero attached hydrogens (tertiary/aromatic N) is 2. The zero-order valence-corrected chi connectivity index (χ0v) is 20.0. The molecule has 1 aliphatic rings. The predicted octanol–water partition coefficient (Wildman–Crippen LogP) is 8.09. The molecule has 0 fully saturated rings. The Morgan fingerprint density at radius 3 is 2.00 bits per heavy atom. The Labute approximate surface area is 211 Å². The van der Waals surface area contributed by atoms with Crippen LogP contribution in [0, 0.1) is 0 Å². The Morgan fingerprint density at radius 2 is 1.30 bits per heavy atom. The first kappa shape index (κ1) is 22.3. The summed E-state index contributed by atoms with van der Waals surface area (Å²) in [5.41, 5.74) is 1.08. The van der Waals surface area contributed by atoms with Gasteiger partial charge in [0.25, 0.3) is 0 Å². The number of aliphatic imine (C=N–C) groups is 1. The summed E-state index contributed by atoms with van der Waals surface area (Å²) in [6, 6.07) is 26.9. The van der Waals surface area contributed by atoms with E-state index in [1.807, 2.05) is 42.5 Å². The van der Waals surface area contributed by atoms with E-state index < -0.39 is 5.72 Å². The Balaban J connectivity index is 1.90. The van der Waals surface area contributed by atoms with Crippen molar-refractivity contribution in [2.75, 3.05) is 4.90 Å². The lowest BCUT2D eigenvalue weighted by atomic mass is 9.88. The highest BCUT2D eigenvalue weighted by Crippen LogP contribution is 2.48. The van der Waals surface area contributed by atoms with Crippen molar-refractivity contribution in [2.24, 2.45) is 4.99 Å². The number of hydrogen-bond acceptors (Lipinski definition) is 3. The summed E-state index contributed by atoms with van der Waals surface area (Å²) in [6.45, 7) is 0. The summed E-state index contributed by atoms with van der Waals surface area (Å²) in [6.07, 6.45) is 0. The van der Waals surface area contributed by atoms with Crippen LogP contribution in [0.4, 0.5) is 11.4 Å². The van der Waals surface area contributed by atoms with Gasteiger partial charge in [0.15, 0.2) is 5.72 Å². The van der Waals surface area contributed by atoms with E-state index >= 15 is 0 Å². The maximum Gasteiger partial charge on any atom is 0.200 e. The average Bonchev–Trinajstić information content (AvgIpc) is 2.81. The van der Waals surface area contributed by atoms with Crippen LogP contribution in [0.15, 0.2) is 96.0 Å². The second-order valence-corrected chi connectivity index (χ2v) is 9.23. The molecular formula is C26H16Cl4N2O. The van der Waals surface area contributed by atoms with Crippen LogP contribution in [0.5, 0.6) is 0 Å². The molecule has 1 heterocycles. The maximum atomic E-state index is 12.6. The lowest BCUT2D eigenvalue weighted by Crippen LogP contribution is -2.53. The molecule has 4 aromatic rings. The van der Waals surface area contributed by atoms with Gasteiger partial charge >= 0.3 is 0 Å². The minimum Gasteiger partial charge on any atom is -0.363 e. The highest BCUT2D eigenvalue weighted by Gasteiger charge is 2.47. The van der Waals surface area contributed by atoms with Crippen molar-refractivity contribution in [2.45, 2.75) is 5.72 Å². The van der Waals surface area contributed by atoms with Crippen molar-refractivity contribution in [1.82, 2.24) is 0 Å². The molecule has 3 nitrogen and oxygen atoms in total. The van der Waals surface area contributed by atoms with Crippen molar-refractivity contribution in [3.05, 3.63) is 128 Å². The highest BCUT2D eigenvalue weighted by atomic mass is 35.5. The van der Waals surface area contributed by atoms with Gasteiger partial charge in [-0.25, -0.2) is 4.99 Å². The van der Waals surface area contributed by atoms with Crippen molar-refractivity contribution in [1.29, 1.82) is 0 Å². The van der Waals surface area contributed by atoms with E-state index in [0.717, 1.165) is 0 Å². The van der Waals surface area contributed by atoms with Gasteiger partial charge in [0.1, 0.15) is 5.84 Å². The topological polar surface area (TPSA) is 35.8 Å². The summed E-state index contributed by atoms with van der Waals surface area (Å²) >= 11 is 25.8. The molecule has 1 unspecified atom stereocenters. The van der Waals surface area contributed by atoms with E-state index in [1.165, 1.54) is 0 Å². The van der Waals surface area contributed by atoms with E-state index in [9.17, 15) is 5.11 Å². The van der Waals surface area contributed by atoms with Crippen LogP contribution in [0.3, 0.4) is 0 Å². The molecule has 0 spiro atoms. The third-order valence-corrected chi connectivity index (χ3v) is 6.69. The van der Waals surface area contributed by atoms with E-state index in [4.69, 9.17) is 51.4 Å². The van der Waals surface area contributed by atoms with Crippen molar-refractivity contribution < 1.29 is 5.11 Å². The molecule has 0 aromatic heterocycles. The number of halogens is 4. The fourth-order valence-corrected chi connectivity index (χ4v) is 4.84. The second kappa shape index (κ2) is 8.68. The molecule has 0 saturated heterocycles. The van der Waals surface area contributed by atoms with Gasteiger partial charge in [-0.05, 0) is 60.7 Å². The van der Waals surface area contributed by atoms with E-state index in [-0.39, 0.29) is 0 Å². The molecule has 7 heteroatoms. The quantitative estimate of drug-likeness (QED) is 0.300. The van der Waals surface area contributed by atoms with Gasteiger partial charge in [0.05, 0.1) is 10.7 Å². The van der Waals surface area contributed by atoms with Crippen LogP contribution in [0.25, 0.3) is 0 Å². The largest absolute Gasteiger partial charge is 0.363 e. The smallest absolute Gasteiger partial charge is 0.200 e. The first-order chi connectivity index (χ1) is 15.9. The molecule has 33 heavy (non-hydrogen) atoms. The van der Waals surface area contributed by atoms with Crippen molar-refractivity contribution in [3.8, 4) is 0 Å². The molecule has 1 atom stereocenters. The van der Waals surface area contributed by atoms with Gasteiger partial charge in [0, 0.05) is 37.4 Å². The predicted molar refractivity (Wildman–Crippen MR) is 137 cm³/mol. The van der Waals surface area contributed by atoms with E-state index in [1.54, 1.807) is 53.4 Å². The van der Waals surface area contributed by atoms with Gasteiger partial charge in [-0.2, -0.15) is 0 Å². The standard InChI is InChI=1S/C26H16Cl4N2O/c27-16-9-12-18(13-10-16)32-25(19-5-1-3-7-22(19)29)31-24-14-11-17(28)15-21(24)26(32,33)20-6-2-4-8-23(20)30/h1-15,33H. The Bertz CT molecular complexity index is 1390. The molecule has 1 N–H and O–H groups in total. The number of aliphatic hydroxyl groups is 1. The molecule has 0 radical (unpaired) electrons. The fourth-order valence-electron chi connectivity index (χ4n) is 4.05. The number of amidine groups is 1. The van der Waals surface area contributed by atoms with Crippen LogP contribution < -0.4 is 4.90 Å². The number of benzene rings is 4. The lowest BCUT2D eigenvalue weighted by molar-refractivity contribution is 0.0903. The summed E-state index contributed by atoms with van der Waals surface area (Å²) < 4.78 is 0. The third kappa shape index (κ3) is 3.80. The van der Waals surface area contributed by atoms with Gasteiger partial charge in [-0.3, -0.25) is 4.90 Å². The van der Waals surface area contributed by atoms with Crippen LogP contribution in [-0.2, 0) is 5.72 Å². The average molecular weight is 514 g/mol. The first-order valence-electron chi connectivity index (χ1n) is 10.1. The van der Waals surface area contributed by atoms with Crippen LogP contribution in [0.1, 0.15) is 16.7 Å². The molecule has 1 aliphatic heterocycles. The fraction of sp³-hybridized carbons (Fsp3) is 0.0385. The van der Waals surface area contributed by atoms with Gasteiger partial charge in [0.2, 0.25) is 0 Å². The van der Waals surface area contributed by atoms with Gasteiger partial charge in [-0.1, -0.05) is 76.7 Å². The van der Waals surface area contributed by atoms with Gasteiger partial charge < -0.3 is 5.11 Å². The molecule has 5 rings (SSSR count). The van der Waals surface area contributed by atoms with Crippen LogP contribution >= 0.6 is 46.4 Å². The summed E-state index contributed by atoms with van der Waals surface area (Å²) in [5, 5.41) is 14.6. The summed E-state index contributed by atoms with van der Waals surface area (Å²) in [4.78, 5) is 6.62. The molecule has 0 aliphatic carbocycles. The lowest BCUT2D eigenvalue weighted by Gasteiger charge is -2.45. The first-order valence-corrected chi connectivity index (χ1v) is 11.6. The highest BCUT2D eigenvalue weighted by molar-refractivity contribution is 6.36. The van der Waals surface area contributed by atoms with Crippen molar-refractivity contribution in [3.63, 3.8) is 0 Å². The normalized spacial score (nSPS) is 17.5. The number of fused-ring (bicyclic) bond motifs is 1. The monoisotopic (exact) mass is 512 g/mol. The maximum absolute atomic E-state index is 12.6. The van der Waals surface area contributed by atoms with Gasteiger partial charge in [-0.15, -0.1) is 0 Å². The number of anilines is 1. The molecular weight excluding hydrogens is 498 g/mol. The zero-order valence-electron chi connectivity index (χ0n) is 17.0. The molecule has 164 valence electrons. The number of rotatable bonds is 3. The molecule has 0 saturated carbocycles. The third-order valence-electron chi connectivity index (χ3n) is 5.54. The minimum absolute atomic E-state index is 0.394. The SMILES string of the molecule is OC1(c2ccccc2Cl)c2cc(Cl)ccc2N=C(c2ccccc2Cl)N1c1ccc(Cl)cc1. The second-order valence-electron chi connectivity index (χ2n) is 7.54. The molecule has 0 bridgehead atoms.